The molecule has 1 aliphatic rings. The molecule has 0 aliphatic carbocycles. The quantitative estimate of drug-likeness (QED) is 0.208. The van der Waals surface area contributed by atoms with E-state index in [0.29, 0.717) is 30.3 Å². The van der Waals surface area contributed by atoms with Gasteiger partial charge in [0.15, 0.2) is 17.2 Å². The minimum atomic E-state index is -0.583. The van der Waals surface area contributed by atoms with Gasteiger partial charge >= 0.3 is 5.97 Å². The lowest BCUT2D eigenvalue weighted by molar-refractivity contribution is -0.129. The topological polar surface area (TPSA) is 57.1 Å². The second kappa shape index (κ2) is 9.87. The number of aliphatic imine (C=N–C) groups is 1. The van der Waals surface area contributed by atoms with Gasteiger partial charge in [-0.3, -0.25) is 0 Å². The Hall–Kier alpha value is -2.42. The first-order valence-corrected chi connectivity index (χ1v) is 10.5. The highest BCUT2D eigenvalue weighted by molar-refractivity contribution is 14.1. The number of esters is 1. The van der Waals surface area contributed by atoms with E-state index in [0.717, 1.165) is 22.0 Å². The lowest BCUT2D eigenvalue weighted by atomic mass is 10.1. The first kappa shape index (κ1) is 21.3. The average Bonchev–Trinajstić information content (AvgIpc) is 3.05. The number of nitrogens with zero attached hydrogens (tertiary/aromatic N) is 1. The van der Waals surface area contributed by atoms with Crippen LogP contribution >= 0.6 is 22.6 Å². The Morgan fingerprint density at radius 2 is 2.03 bits per heavy atom. The van der Waals surface area contributed by atoms with Crippen LogP contribution in [0.4, 0.5) is 4.39 Å². The summed E-state index contributed by atoms with van der Waals surface area (Å²) in [5, 5.41) is 0. The second-order valence-corrected chi connectivity index (χ2v) is 7.47. The molecular formula is C22H21FINO4. The van der Waals surface area contributed by atoms with Crippen molar-refractivity contribution in [2.24, 2.45) is 4.99 Å². The van der Waals surface area contributed by atoms with Gasteiger partial charge in [-0.05, 0) is 77.9 Å². The van der Waals surface area contributed by atoms with Crippen LogP contribution in [0, 0.1) is 9.39 Å². The lowest BCUT2D eigenvalue weighted by Gasteiger charge is -2.14. The fourth-order valence-electron chi connectivity index (χ4n) is 2.70. The van der Waals surface area contributed by atoms with Crippen LogP contribution in [-0.2, 0) is 9.53 Å². The zero-order valence-corrected chi connectivity index (χ0v) is 18.4. The zero-order valence-electron chi connectivity index (χ0n) is 16.2. The van der Waals surface area contributed by atoms with Gasteiger partial charge < -0.3 is 14.2 Å². The van der Waals surface area contributed by atoms with Crippen LogP contribution in [0.25, 0.3) is 6.08 Å². The summed E-state index contributed by atoms with van der Waals surface area (Å²) in [5.74, 6) is 0.387. The third kappa shape index (κ3) is 5.35. The second-order valence-electron chi connectivity index (χ2n) is 6.31. The van der Waals surface area contributed by atoms with Crippen molar-refractivity contribution in [1.29, 1.82) is 0 Å². The van der Waals surface area contributed by atoms with Gasteiger partial charge in [-0.1, -0.05) is 19.4 Å². The maximum Gasteiger partial charge on any atom is 0.363 e. The maximum absolute atomic E-state index is 13.4. The van der Waals surface area contributed by atoms with E-state index in [1.807, 2.05) is 19.1 Å². The normalized spacial score (nSPS) is 14.7. The Balaban J connectivity index is 1.91. The Kier molecular flexibility index (Phi) is 7.24. The molecule has 0 N–H and O–H groups in total. The molecule has 0 aromatic heterocycles. The van der Waals surface area contributed by atoms with Crippen LogP contribution in [-0.4, -0.2) is 25.1 Å². The lowest BCUT2D eigenvalue weighted by Crippen LogP contribution is -2.05. The van der Waals surface area contributed by atoms with Crippen molar-refractivity contribution >= 4 is 40.5 Å². The number of halogens is 2. The molecule has 7 heteroatoms. The number of carbonyl (C=O) groups excluding carboxylic acids is 1. The van der Waals surface area contributed by atoms with Crippen LogP contribution in [0.5, 0.6) is 11.5 Å². The summed E-state index contributed by atoms with van der Waals surface area (Å²) in [6, 6.07) is 9.46. The molecule has 0 atom stereocenters. The summed E-state index contributed by atoms with van der Waals surface area (Å²) in [4.78, 5) is 16.5. The molecule has 0 unspecified atom stereocenters. The molecular weight excluding hydrogens is 488 g/mol. The Morgan fingerprint density at radius 3 is 2.76 bits per heavy atom. The molecule has 2 aromatic carbocycles. The van der Waals surface area contributed by atoms with Gasteiger partial charge in [0.2, 0.25) is 5.90 Å². The van der Waals surface area contributed by atoms with E-state index in [4.69, 9.17) is 14.2 Å². The number of hydrogen-bond donors (Lipinski definition) is 0. The van der Waals surface area contributed by atoms with E-state index in [2.05, 4.69) is 34.5 Å². The number of carbonyl (C=O) groups is 1. The zero-order chi connectivity index (χ0) is 20.8. The SMILES string of the molecule is CCCCOc1c(I)cc(/C=C2\N=C(c3cccc(F)c3)OC2=O)cc1OCC. The van der Waals surface area contributed by atoms with Gasteiger partial charge in [-0.2, -0.15) is 0 Å². The molecule has 5 nitrogen and oxygen atoms in total. The van der Waals surface area contributed by atoms with Gasteiger partial charge in [0.1, 0.15) is 5.82 Å². The standard InChI is InChI=1S/C22H21FINO4/c1-3-5-9-28-20-17(24)10-14(12-19(20)27-4-2)11-18-22(26)29-21(25-18)15-7-6-8-16(23)13-15/h6-8,10-13H,3-5,9H2,1-2H3/b18-11-. The molecule has 1 heterocycles. The Bertz CT molecular complexity index is 971. The predicted octanol–water partition coefficient (Wildman–Crippen LogP) is 5.35. The largest absolute Gasteiger partial charge is 0.490 e. The molecule has 0 amide bonds. The molecule has 3 rings (SSSR count). The van der Waals surface area contributed by atoms with Crippen molar-refractivity contribution in [2.45, 2.75) is 26.7 Å². The number of benzene rings is 2. The van der Waals surface area contributed by atoms with E-state index < -0.39 is 11.8 Å². The van der Waals surface area contributed by atoms with Crippen molar-refractivity contribution in [2.75, 3.05) is 13.2 Å². The van der Waals surface area contributed by atoms with Gasteiger partial charge in [-0.15, -0.1) is 0 Å². The summed E-state index contributed by atoms with van der Waals surface area (Å²) in [5.41, 5.74) is 1.28. The number of cyclic esters (lactones) is 1. The summed E-state index contributed by atoms with van der Waals surface area (Å²) in [7, 11) is 0. The van der Waals surface area contributed by atoms with Crippen LogP contribution in [0.15, 0.2) is 47.1 Å². The Morgan fingerprint density at radius 1 is 1.21 bits per heavy atom. The van der Waals surface area contributed by atoms with Crippen LogP contribution < -0.4 is 9.47 Å². The summed E-state index contributed by atoms with van der Waals surface area (Å²) < 4.78 is 31.1. The highest BCUT2D eigenvalue weighted by Crippen LogP contribution is 2.35. The van der Waals surface area contributed by atoms with E-state index in [1.54, 1.807) is 12.1 Å². The van der Waals surface area contributed by atoms with Crippen LogP contribution in [0.2, 0.25) is 0 Å². The van der Waals surface area contributed by atoms with Crippen molar-refractivity contribution in [3.63, 3.8) is 0 Å². The van der Waals surface area contributed by atoms with Gasteiger partial charge in [0.25, 0.3) is 0 Å². The molecule has 29 heavy (non-hydrogen) atoms. The average molecular weight is 509 g/mol. The molecule has 0 saturated carbocycles. The first-order chi connectivity index (χ1) is 14.0. The fourth-order valence-corrected chi connectivity index (χ4v) is 3.49. The molecule has 0 bridgehead atoms. The molecule has 0 spiro atoms. The van der Waals surface area contributed by atoms with Gasteiger partial charge in [0, 0.05) is 5.56 Å². The summed E-state index contributed by atoms with van der Waals surface area (Å²) >= 11 is 2.18. The predicted molar refractivity (Wildman–Crippen MR) is 118 cm³/mol. The summed E-state index contributed by atoms with van der Waals surface area (Å²) in [6.07, 6.45) is 3.62. The van der Waals surface area contributed by atoms with Crippen molar-refractivity contribution in [3.05, 3.63) is 62.6 Å². The van der Waals surface area contributed by atoms with E-state index in [1.165, 1.54) is 18.2 Å². The van der Waals surface area contributed by atoms with Crippen LogP contribution in [0.1, 0.15) is 37.8 Å². The number of ether oxygens (including phenoxy) is 3. The van der Waals surface area contributed by atoms with Crippen molar-refractivity contribution in [3.8, 4) is 11.5 Å². The maximum atomic E-state index is 13.4. The molecule has 1 aliphatic heterocycles. The first-order valence-electron chi connectivity index (χ1n) is 9.39. The van der Waals surface area contributed by atoms with Gasteiger partial charge in [0.05, 0.1) is 16.8 Å². The van der Waals surface area contributed by atoms with E-state index >= 15 is 0 Å². The van der Waals surface area contributed by atoms with Gasteiger partial charge in [-0.25, -0.2) is 14.2 Å². The van der Waals surface area contributed by atoms with Crippen LogP contribution in [0.3, 0.4) is 0 Å². The fraction of sp³-hybridized carbons (Fsp3) is 0.273. The number of rotatable bonds is 8. The van der Waals surface area contributed by atoms with E-state index in [9.17, 15) is 9.18 Å². The molecule has 0 radical (unpaired) electrons. The third-order valence-corrected chi connectivity index (χ3v) is 4.87. The molecule has 0 saturated heterocycles. The molecule has 0 fully saturated rings. The third-order valence-electron chi connectivity index (χ3n) is 4.07. The van der Waals surface area contributed by atoms with E-state index in [-0.39, 0.29) is 11.6 Å². The number of hydrogen-bond acceptors (Lipinski definition) is 5. The molecule has 152 valence electrons. The van der Waals surface area contributed by atoms with Crippen molar-refractivity contribution in [1.82, 2.24) is 0 Å². The van der Waals surface area contributed by atoms with Crippen molar-refractivity contribution < 1.29 is 23.4 Å². The minimum Gasteiger partial charge on any atom is -0.490 e. The minimum absolute atomic E-state index is 0.0833. The highest BCUT2D eigenvalue weighted by atomic mass is 127. The smallest absolute Gasteiger partial charge is 0.363 e. The Labute approximate surface area is 182 Å². The monoisotopic (exact) mass is 509 g/mol. The number of unbranched alkanes of at least 4 members (excludes halogenated alkanes) is 1. The molecule has 2 aromatic rings. The highest BCUT2D eigenvalue weighted by Gasteiger charge is 2.24. The summed E-state index contributed by atoms with van der Waals surface area (Å²) in [6.45, 7) is 5.11.